The normalized spacial score (nSPS) is 12.0. The zero-order valence-electron chi connectivity index (χ0n) is 13.0. The predicted octanol–water partition coefficient (Wildman–Crippen LogP) is 5.36. The molecule has 18 heavy (non-hydrogen) atoms. The fourth-order valence-corrected chi connectivity index (χ4v) is 2.64. The molecule has 0 bridgehead atoms. The number of unbranched alkanes of at least 4 members (excludes halogenated alkanes) is 6. The summed E-state index contributed by atoms with van der Waals surface area (Å²) < 4.78 is 0. The lowest BCUT2D eigenvalue weighted by molar-refractivity contribution is -0.0705. The summed E-state index contributed by atoms with van der Waals surface area (Å²) in [6.07, 6.45) is 14.9. The Morgan fingerprint density at radius 3 is 1.22 bits per heavy atom. The van der Waals surface area contributed by atoms with Gasteiger partial charge in [-0.05, 0) is 19.3 Å². The molecule has 0 aromatic carbocycles. The molecule has 0 aliphatic rings. The predicted molar refractivity (Wildman–Crippen MR) is 80.4 cm³/mol. The van der Waals surface area contributed by atoms with Crippen molar-refractivity contribution in [1.82, 2.24) is 0 Å². The van der Waals surface area contributed by atoms with E-state index >= 15 is 0 Å². The van der Waals surface area contributed by atoms with Gasteiger partial charge >= 0.3 is 0 Å². The van der Waals surface area contributed by atoms with Crippen LogP contribution in [0.1, 0.15) is 97.8 Å². The third-order valence-corrected chi connectivity index (χ3v) is 3.96. The Morgan fingerprint density at radius 1 is 0.667 bits per heavy atom. The third-order valence-electron chi connectivity index (χ3n) is 3.96. The van der Waals surface area contributed by atoms with Gasteiger partial charge in [-0.2, -0.15) is 0 Å². The number of nitrogens with two attached hydrogens (primary N) is 1. The van der Waals surface area contributed by atoms with Gasteiger partial charge in [-0.15, -0.1) is 0 Å². The molecule has 0 aromatic rings. The highest BCUT2D eigenvalue weighted by Gasteiger charge is 2.28. The van der Waals surface area contributed by atoms with Crippen LogP contribution < -0.4 is 5.90 Å². The van der Waals surface area contributed by atoms with E-state index in [0.717, 1.165) is 19.3 Å². The molecule has 110 valence electrons. The summed E-state index contributed by atoms with van der Waals surface area (Å²) >= 11 is 0. The Kier molecular flexibility index (Phi) is 11.9. The van der Waals surface area contributed by atoms with Crippen LogP contribution in [-0.2, 0) is 4.84 Å². The molecule has 2 heteroatoms. The Labute approximate surface area is 115 Å². The van der Waals surface area contributed by atoms with Crippen molar-refractivity contribution in [3.63, 3.8) is 0 Å². The van der Waals surface area contributed by atoms with Gasteiger partial charge in [0.25, 0.3) is 0 Å². The number of hydrogen-bond donors (Lipinski definition) is 1. The second kappa shape index (κ2) is 12.0. The minimum atomic E-state index is -0.0283. The van der Waals surface area contributed by atoms with Crippen molar-refractivity contribution in [1.29, 1.82) is 0 Å². The van der Waals surface area contributed by atoms with Gasteiger partial charge in [0.05, 0.1) is 5.60 Å². The van der Waals surface area contributed by atoms with Crippen molar-refractivity contribution in [3.8, 4) is 0 Å². The molecule has 0 amide bonds. The quantitative estimate of drug-likeness (QED) is 0.356. The van der Waals surface area contributed by atoms with E-state index in [2.05, 4.69) is 20.8 Å². The molecule has 0 radical (unpaired) electrons. The maximum absolute atomic E-state index is 5.65. The zero-order chi connectivity index (χ0) is 13.7. The van der Waals surface area contributed by atoms with Crippen LogP contribution in [-0.4, -0.2) is 5.60 Å². The molecule has 0 unspecified atom stereocenters. The average Bonchev–Trinajstić information content (AvgIpc) is 2.39. The first-order valence-corrected chi connectivity index (χ1v) is 8.12. The van der Waals surface area contributed by atoms with Crippen LogP contribution in [0.5, 0.6) is 0 Å². The first-order chi connectivity index (χ1) is 8.74. The largest absolute Gasteiger partial charge is 0.298 e. The highest BCUT2D eigenvalue weighted by Crippen LogP contribution is 2.30. The average molecular weight is 257 g/mol. The summed E-state index contributed by atoms with van der Waals surface area (Å²) in [5.41, 5.74) is -0.0283. The minimum absolute atomic E-state index is 0.0283. The highest BCUT2D eigenvalue weighted by molar-refractivity contribution is 4.80. The first-order valence-electron chi connectivity index (χ1n) is 8.12. The fourth-order valence-electron chi connectivity index (χ4n) is 2.64. The molecule has 0 atom stereocenters. The number of rotatable bonds is 13. The van der Waals surface area contributed by atoms with Gasteiger partial charge in [0.2, 0.25) is 0 Å². The lowest BCUT2D eigenvalue weighted by Crippen LogP contribution is -2.35. The van der Waals surface area contributed by atoms with Crippen molar-refractivity contribution in [2.75, 3.05) is 0 Å². The van der Waals surface area contributed by atoms with Crippen LogP contribution in [0.3, 0.4) is 0 Å². The van der Waals surface area contributed by atoms with E-state index in [9.17, 15) is 0 Å². The molecule has 0 saturated carbocycles. The molecule has 0 aliphatic carbocycles. The first kappa shape index (κ1) is 17.9. The summed E-state index contributed by atoms with van der Waals surface area (Å²) in [6, 6.07) is 0. The second-order valence-electron chi connectivity index (χ2n) is 5.67. The highest BCUT2D eigenvalue weighted by atomic mass is 16.6. The lowest BCUT2D eigenvalue weighted by atomic mass is 9.85. The van der Waals surface area contributed by atoms with Crippen molar-refractivity contribution in [2.24, 2.45) is 5.90 Å². The standard InChI is InChI=1S/C16H35NO/c1-4-7-10-13-16(18-17,14-11-8-5-2)15-12-9-6-3/h4-15,17H2,1-3H3. The molecular weight excluding hydrogens is 222 g/mol. The Bertz CT molecular complexity index is 144. The van der Waals surface area contributed by atoms with E-state index < -0.39 is 0 Å². The van der Waals surface area contributed by atoms with Crippen molar-refractivity contribution in [2.45, 2.75) is 103 Å². The molecule has 0 heterocycles. The van der Waals surface area contributed by atoms with Crippen LogP contribution in [0, 0.1) is 0 Å². The van der Waals surface area contributed by atoms with E-state index in [1.807, 2.05) is 0 Å². The Hall–Kier alpha value is -0.0800. The van der Waals surface area contributed by atoms with Gasteiger partial charge in [-0.1, -0.05) is 78.6 Å². The summed E-state index contributed by atoms with van der Waals surface area (Å²) in [6.45, 7) is 6.75. The van der Waals surface area contributed by atoms with E-state index in [1.54, 1.807) is 0 Å². The lowest BCUT2D eigenvalue weighted by Gasteiger charge is -2.32. The minimum Gasteiger partial charge on any atom is -0.298 e. The zero-order valence-corrected chi connectivity index (χ0v) is 13.0. The topological polar surface area (TPSA) is 35.2 Å². The molecule has 0 rings (SSSR count). The van der Waals surface area contributed by atoms with Crippen molar-refractivity contribution < 1.29 is 4.84 Å². The Morgan fingerprint density at radius 2 is 1.00 bits per heavy atom. The van der Waals surface area contributed by atoms with Gasteiger partial charge in [0, 0.05) is 0 Å². The van der Waals surface area contributed by atoms with Crippen LogP contribution in [0.2, 0.25) is 0 Å². The summed E-state index contributed by atoms with van der Waals surface area (Å²) in [4.78, 5) is 5.48. The van der Waals surface area contributed by atoms with Gasteiger partial charge < -0.3 is 0 Å². The second-order valence-corrected chi connectivity index (χ2v) is 5.67. The maximum atomic E-state index is 5.65. The van der Waals surface area contributed by atoms with E-state index in [-0.39, 0.29) is 5.60 Å². The summed E-state index contributed by atoms with van der Waals surface area (Å²) in [5.74, 6) is 5.65. The van der Waals surface area contributed by atoms with Gasteiger partial charge in [0.1, 0.15) is 0 Å². The van der Waals surface area contributed by atoms with E-state index in [0.29, 0.717) is 0 Å². The monoisotopic (exact) mass is 257 g/mol. The summed E-state index contributed by atoms with van der Waals surface area (Å²) in [5, 5.41) is 0. The molecule has 0 saturated heterocycles. The van der Waals surface area contributed by atoms with E-state index in [1.165, 1.54) is 57.8 Å². The van der Waals surface area contributed by atoms with E-state index in [4.69, 9.17) is 10.7 Å². The maximum Gasteiger partial charge on any atom is 0.0893 e. The molecule has 0 spiro atoms. The molecule has 2 nitrogen and oxygen atoms in total. The SMILES string of the molecule is CCCCCC(CCCCC)(CCCCC)ON. The van der Waals surface area contributed by atoms with Crippen molar-refractivity contribution >= 4 is 0 Å². The van der Waals surface area contributed by atoms with Crippen molar-refractivity contribution in [3.05, 3.63) is 0 Å². The van der Waals surface area contributed by atoms with Gasteiger partial charge in [0.15, 0.2) is 0 Å². The van der Waals surface area contributed by atoms with Crippen LogP contribution >= 0.6 is 0 Å². The summed E-state index contributed by atoms with van der Waals surface area (Å²) in [7, 11) is 0. The van der Waals surface area contributed by atoms with Crippen LogP contribution in [0.15, 0.2) is 0 Å². The van der Waals surface area contributed by atoms with Gasteiger partial charge in [-0.25, -0.2) is 5.90 Å². The number of hydrogen-bond acceptors (Lipinski definition) is 2. The Balaban J connectivity index is 4.20. The molecule has 0 aliphatic heterocycles. The molecule has 2 N–H and O–H groups in total. The fraction of sp³-hybridized carbons (Fsp3) is 1.00. The third kappa shape index (κ3) is 8.10. The molecule has 0 aromatic heterocycles. The van der Waals surface area contributed by atoms with Crippen LogP contribution in [0.4, 0.5) is 0 Å². The van der Waals surface area contributed by atoms with Gasteiger partial charge in [-0.3, -0.25) is 4.84 Å². The molecule has 0 fully saturated rings. The molecular formula is C16H35NO. The van der Waals surface area contributed by atoms with Crippen LogP contribution in [0.25, 0.3) is 0 Å². The smallest absolute Gasteiger partial charge is 0.0893 e.